The minimum Gasteiger partial charge on any atom is -0.496 e. The molecule has 0 aliphatic carbocycles. The first-order valence-corrected chi connectivity index (χ1v) is 13.4. The number of aryl methyl sites for hydroxylation is 1. The second kappa shape index (κ2) is 11.4. The number of hydrogen-bond donors (Lipinski definition) is 2. The third-order valence-corrected chi connectivity index (χ3v) is 7.85. The summed E-state index contributed by atoms with van der Waals surface area (Å²) >= 11 is 0. The number of methoxy groups -OCH3 is 1. The predicted molar refractivity (Wildman–Crippen MR) is 145 cm³/mol. The molecule has 38 heavy (non-hydrogen) atoms. The molecule has 8 heteroatoms. The molecule has 2 fully saturated rings. The number of likely N-dealkylation sites (tertiary alicyclic amines) is 1. The predicted octanol–water partition coefficient (Wildman–Crippen LogP) is 3.85. The average molecular weight is 517 g/mol. The van der Waals surface area contributed by atoms with Crippen LogP contribution in [-0.2, 0) is 16.0 Å². The molecule has 2 amide bonds. The fraction of sp³-hybridized carbons (Fsp3) is 0.433. The molecule has 2 saturated heterocycles. The molecule has 8 nitrogen and oxygen atoms in total. The van der Waals surface area contributed by atoms with Crippen LogP contribution in [0, 0.1) is 6.92 Å². The highest BCUT2D eigenvalue weighted by atomic mass is 16.5. The van der Waals surface area contributed by atoms with E-state index < -0.39 is 5.54 Å². The summed E-state index contributed by atoms with van der Waals surface area (Å²) < 4.78 is 11.4. The second-order valence-electron chi connectivity index (χ2n) is 10.3. The van der Waals surface area contributed by atoms with Gasteiger partial charge in [0.2, 0.25) is 17.7 Å². The lowest BCUT2D eigenvalue weighted by atomic mass is 9.84. The van der Waals surface area contributed by atoms with Gasteiger partial charge >= 0.3 is 0 Å². The van der Waals surface area contributed by atoms with Crippen molar-refractivity contribution in [1.29, 1.82) is 0 Å². The molecule has 2 N–H and O–H groups in total. The number of carbonyl (C=O) groups is 2. The van der Waals surface area contributed by atoms with E-state index in [-0.39, 0.29) is 18.2 Å². The number of para-hydroxylation sites is 1. The van der Waals surface area contributed by atoms with Crippen LogP contribution in [-0.4, -0.2) is 60.5 Å². The number of rotatable bonds is 7. The van der Waals surface area contributed by atoms with E-state index in [2.05, 4.69) is 21.7 Å². The second-order valence-corrected chi connectivity index (χ2v) is 10.3. The van der Waals surface area contributed by atoms with Crippen LogP contribution in [0.2, 0.25) is 0 Å². The summed E-state index contributed by atoms with van der Waals surface area (Å²) in [6.45, 7) is 4.51. The van der Waals surface area contributed by atoms with Gasteiger partial charge in [-0.25, -0.2) is 4.98 Å². The highest BCUT2D eigenvalue weighted by Crippen LogP contribution is 2.35. The van der Waals surface area contributed by atoms with Crippen molar-refractivity contribution in [3.63, 3.8) is 0 Å². The number of oxazole rings is 1. The van der Waals surface area contributed by atoms with Crippen molar-refractivity contribution in [2.75, 3.05) is 33.3 Å². The van der Waals surface area contributed by atoms with Crippen LogP contribution in [0.15, 0.2) is 59.0 Å². The number of piperidine rings is 2. The van der Waals surface area contributed by atoms with E-state index >= 15 is 0 Å². The molecule has 1 aromatic heterocycles. The van der Waals surface area contributed by atoms with Gasteiger partial charge < -0.3 is 24.7 Å². The smallest absolute Gasteiger partial charge is 0.248 e. The lowest BCUT2D eigenvalue weighted by Gasteiger charge is -2.42. The van der Waals surface area contributed by atoms with Crippen LogP contribution in [0.5, 0.6) is 5.75 Å². The fourth-order valence-electron chi connectivity index (χ4n) is 5.71. The summed E-state index contributed by atoms with van der Waals surface area (Å²) in [6.07, 6.45) is 2.94. The summed E-state index contributed by atoms with van der Waals surface area (Å²) in [7, 11) is 1.70. The first-order chi connectivity index (χ1) is 18.5. The third kappa shape index (κ3) is 5.45. The van der Waals surface area contributed by atoms with Crippen molar-refractivity contribution >= 4 is 11.8 Å². The SMILES string of the molecule is COc1ccccc1C1CCN(C(=O)C2(NC(=O)Cc3nc(-c4ccccc4)oc3C)CCNCC2)CC1. The van der Waals surface area contributed by atoms with E-state index in [9.17, 15) is 9.59 Å². The van der Waals surface area contributed by atoms with Crippen LogP contribution in [0.3, 0.4) is 0 Å². The number of benzene rings is 2. The van der Waals surface area contributed by atoms with Gasteiger partial charge in [-0.3, -0.25) is 9.59 Å². The molecule has 2 aliphatic heterocycles. The summed E-state index contributed by atoms with van der Waals surface area (Å²) in [5, 5.41) is 6.47. The molecular weight excluding hydrogens is 480 g/mol. The molecule has 2 aliphatic rings. The lowest BCUT2D eigenvalue weighted by Crippen LogP contribution is -2.64. The van der Waals surface area contributed by atoms with Crippen LogP contribution in [0.1, 0.15) is 48.6 Å². The molecule has 2 aromatic carbocycles. The standard InChI is InChI=1S/C30H36N4O4/c1-21-25(32-28(38-21)23-8-4-3-5-9-23)20-27(35)33-30(14-16-31-17-15-30)29(36)34-18-12-22(13-19-34)24-10-6-7-11-26(24)37-2/h3-11,22,31H,12-20H2,1-2H3,(H,33,35). The third-order valence-electron chi connectivity index (χ3n) is 7.85. The molecule has 5 rings (SSSR count). The van der Waals surface area contributed by atoms with Crippen molar-refractivity contribution in [2.45, 2.75) is 50.5 Å². The molecular formula is C30H36N4O4. The zero-order chi connectivity index (χ0) is 26.5. The Kier molecular flexibility index (Phi) is 7.79. The van der Waals surface area contributed by atoms with Gasteiger partial charge in [-0.05, 0) is 75.4 Å². The Balaban J connectivity index is 1.26. The number of carbonyl (C=O) groups excluding carboxylic acids is 2. The van der Waals surface area contributed by atoms with Crippen LogP contribution >= 0.6 is 0 Å². The molecule has 0 saturated carbocycles. The van der Waals surface area contributed by atoms with E-state index in [0.29, 0.717) is 62.3 Å². The molecule has 0 unspecified atom stereocenters. The summed E-state index contributed by atoms with van der Waals surface area (Å²) in [5.41, 5.74) is 1.75. The largest absolute Gasteiger partial charge is 0.496 e. The fourth-order valence-corrected chi connectivity index (χ4v) is 5.71. The normalized spacial score (nSPS) is 17.7. The Labute approximate surface area is 223 Å². The van der Waals surface area contributed by atoms with Crippen LogP contribution in [0.4, 0.5) is 0 Å². The average Bonchev–Trinajstić information content (AvgIpc) is 3.33. The van der Waals surface area contributed by atoms with Crippen LogP contribution in [0.25, 0.3) is 11.5 Å². The highest BCUT2D eigenvalue weighted by Gasteiger charge is 2.44. The lowest BCUT2D eigenvalue weighted by molar-refractivity contribution is -0.144. The first kappa shape index (κ1) is 26.0. The quantitative estimate of drug-likeness (QED) is 0.495. The molecule has 0 bridgehead atoms. The van der Waals surface area contributed by atoms with E-state index in [1.54, 1.807) is 7.11 Å². The van der Waals surface area contributed by atoms with E-state index in [4.69, 9.17) is 9.15 Å². The zero-order valence-corrected chi connectivity index (χ0v) is 22.2. The van der Waals surface area contributed by atoms with Gasteiger partial charge in [0.05, 0.1) is 19.2 Å². The monoisotopic (exact) mass is 516 g/mol. The molecule has 0 spiro atoms. The van der Waals surface area contributed by atoms with Gasteiger partial charge in [-0.2, -0.15) is 0 Å². The minimum absolute atomic E-state index is 0.0210. The van der Waals surface area contributed by atoms with Crippen LogP contribution < -0.4 is 15.4 Å². The highest BCUT2D eigenvalue weighted by molar-refractivity contribution is 5.92. The minimum atomic E-state index is -0.903. The topological polar surface area (TPSA) is 96.7 Å². The van der Waals surface area contributed by atoms with E-state index in [0.717, 1.165) is 24.2 Å². The Hall–Kier alpha value is -3.65. The number of hydrogen-bond acceptors (Lipinski definition) is 6. The molecule has 200 valence electrons. The van der Waals surface area contributed by atoms with Crippen molar-refractivity contribution in [3.8, 4) is 17.2 Å². The van der Waals surface area contributed by atoms with Gasteiger partial charge in [0.25, 0.3) is 0 Å². The molecule has 3 heterocycles. The number of nitrogens with one attached hydrogen (secondary N) is 2. The van der Waals surface area contributed by atoms with Gasteiger partial charge in [0.15, 0.2) is 0 Å². The van der Waals surface area contributed by atoms with Gasteiger partial charge in [0.1, 0.15) is 17.0 Å². The van der Waals surface area contributed by atoms with Crippen molar-refractivity contribution in [1.82, 2.24) is 20.5 Å². The van der Waals surface area contributed by atoms with E-state index in [1.807, 2.05) is 60.4 Å². The number of ether oxygens (including phenoxy) is 1. The molecule has 0 radical (unpaired) electrons. The number of aromatic nitrogens is 1. The Morgan fingerprint density at radius 2 is 1.76 bits per heavy atom. The Morgan fingerprint density at radius 1 is 1.08 bits per heavy atom. The van der Waals surface area contributed by atoms with Gasteiger partial charge in [-0.15, -0.1) is 0 Å². The summed E-state index contributed by atoms with van der Waals surface area (Å²) in [4.78, 5) is 33.7. The maximum absolute atomic E-state index is 13.9. The summed E-state index contributed by atoms with van der Waals surface area (Å²) in [5.74, 6) is 2.17. The molecule has 3 aromatic rings. The Morgan fingerprint density at radius 3 is 2.47 bits per heavy atom. The number of nitrogens with zero attached hydrogens (tertiary/aromatic N) is 2. The van der Waals surface area contributed by atoms with Gasteiger partial charge in [-0.1, -0.05) is 36.4 Å². The Bertz CT molecular complexity index is 1260. The van der Waals surface area contributed by atoms with Crippen molar-refractivity contribution < 1.29 is 18.7 Å². The van der Waals surface area contributed by atoms with Gasteiger partial charge in [0, 0.05) is 18.7 Å². The van der Waals surface area contributed by atoms with Crippen molar-refractivity contribution in [2.24, 2.45) is 0 Å². The first-order valence-electron chi connectivity index (χ1n) is 13.4. The number of amides is 2. The van der Waals surface area contributed by atoms with E-state index in [1.165, 1.54) is 5.56 Å². The maximum Gasteiger partial charge on any atom is 0.248 e. The molecule has 0 atom stereocenters. The summed E-state index contributed by atoms with van der Waals surface area (Å²) in [6, 6.07) is 17.8. The maximum atomic E-state index is 13.9. The van der Waals surface area contributed by atoms with Crippen molar-refractivity contribution in [3.05, 3.63) is 71.6 Å². The zero-order valence-electron chi connectivity index (χ0n) is 22.2.